The fourth-order valence-electron chi connectivity index (χ4n) is 3.08. The highest BCUT2D eigenvalue weighted by atomic mass is 31.2. The monoisotopic (exact) mass is 359 g/mol. The molecule has 0 amide bonds. The molecule has 0 aromatic heterocycles. The lowest BCUT2D eigenvalue weighted by molar-refractivity contribution is 0.103. The maximum Gasteiger partial charge on any atom is 0.148 e. The van der Waals surface area contributed by atoms with Crippen molar-refractivity contribution in [1.29, 1.82) is 0 Å². The summed E-state index contributed by atoms with van der Waals surface area (Å²) in [5.74, 6) is 0. The van der Waals surface area contributed by atoms with Crippen molar-refractivity contribution in [2.24, 2.45) is 5.11 Å². The Balaban J connectivity index is 2.62. The van der Waals surface area contributed by atoms with Gasteiger partial charge < -0.3 is 14.8 Å². The van der Waals surface area contributed by atoms with Crippen molar-refractivity contribution in [2.75, 3.05) is 6.61 Å². The summed E-state index contributed by atoms with van der Waals surface area (Å²) in [6.45, 7) is 1.32. The fourth-order valence-corrected chi connectivity index (χ4v) is 6.52. The third-order valence-corrected chi connectivity index (χ3v) is 8.08. The number of aliphatic hydroxyl groups is 2. The first-order chi connectivity index (χ1) is 12.1. The number of hydrogen-bond donors (Lipinski definition) is 2. The van der Waals surface area contributed by atoms with Gasteiger partial charge in [-0.1, -0.05) is 72.7 Å². The van der Waals surface area contributed by atoms with Crippen molar-refractivity contribution in [3.05, 3.63) is 71.1 Å². The van der Waals surface area contributed by atoms with Crippen LogP contribution in [0.1, 0.15) is 13.3 Å². The zero-order valence-electron chi connectivity index (χ0n) is 14.0. The maximum absolute atomic E-state index is 14.2. The topological polar surface area (TPSA) is 106 Å². The molecule has 2 aromatic rings. The van der Waals surface area contributed by atoms with Crippen LogP contribution < -0.4 is 10.6 Å². The number of aliphatic hydroxyl groups excluding tert-OH is 2. The number of rotatable bonds is 8. The van der Waals surface area contributed by atoms with Crippen LogP contribution in [0.3, 0.4) is 0 Å². The van der Waals surface area contributed by atoms with Crippen molar-refractivity contribution < 1.29 is 14.8 Å². The highest BCUT2D eigenvalue weighted by molar-refractivity contribution is 7.79. The summed E-state index contributed by atoms with van der Waals surface area (Å²) in [7, 11) is -3.23. The van der Waals surface area contributed by atoms with Crippen molar-refractivity contribution in [3.8, 4) is 0 Å². The molecule has 0 unspecified atom stereocenters. The van der Waals surface area contributed by atoms with E-state index in [9.17, 15) is 14.8 Å². The van der Waals surface area contributed by atoms with Gasteiger partial charge in [0.2, 0.25) is 0 Å². The van der Waals surface area contributed by atoms with Crippen LogP contribution in [0.4, 0.5) is 0 Å². The van der Waals surface area contributed by atoms with Gasteiger partial charge in [-0.05, 0) is 12.0 Å². The third-order valence-electron chi connectivity index (χ3n) is 4.34. The van der Waals surface area contributed by atoms with Gasteiger partial charge >= 0.3 is 0 Å². The number of benzene rings is 2. The average molecular weight is 359 g/mol. The molecule has 132 valence electrons. The maximum atomic E-state index is 14.2. The Hall–Kier alpha value is -2.10. The molecule has 3 atom stereocenters. The molecule has 0 aliphatic carbocycles. The second kappa shape index (κ2) is 8.84. The Morgan fingerprint density at radius 1 is 1.08 bits per heavy atom. The minimum atomic E-state index is -3.23. The van der Waals surface area contributed by atoms with Gasteiger partial charge in [-0.25, -0.2) is 0 Å². The SMILES string of the molecule is CC[C@H]([C@H](O)[C@@H](CO)N=[N+]=[N-])P(=O)(c1ccccc1)c1ccccc1. The Morgan fingerprint density at radius 2 is 1.56 bits per heavy atom. The molecular weight excluding hydrogens is 337 g/mol. The quantitative estimate of drug-likeness (QED) is 0.327. The summed E-state index contributed by atoms with van der Waals surface area (Å²) in [6.07, 6.45) is -0.822. The Labute approximate surface area is 147 Å². The largest absolute Gasteiger partial charge is 0.396 e. The van der Waals surface area contributed by atoms with E-state index in [2.05, 4.69) is 10.0 Å². The fraction of sp³-hybridized carbons (Fsp3) is 0.333. The van der Waals surface area contributed by atoms with E-state index in [0.717, 1.165) is 0 Å². The predicted molar refractivity (Wildman–Crippen MR) is 99.9 cm³/mol. The van der Waals surface area contributed by atoms with Gasteiger partial charge in [-0.2, -0.15) is 0 Å². The molecule has 2 rings (SSSR count). The van der Waals surface area contributed by atoms with Crippen molar-refractivity contribution in [1.82, 2.24) is 0 Å². The zero-order valence-corrected chi connectivity index (χ0v) is 14.9. The summed E-state index contributed by atoms with van der Waals surface area (Å²) in [5, 5.41) is 25.0. The van der Waals surface area contributed by atoms with E-state index in [4.69, 9.17) is 5.53 Å². The number of azide groups is 1. The molecule has 0 radical (unpaired) electrons. The minimum absolute atomic E-state index is 0.402. The highest BCUT2D eigenvalue weighted by Crippen LogP contribution is 2.51. The van der Waals surface area contributed by atoms with E-state index in [-0.39, 0.29) is 0 Å². The van der Waals surface area contributed by atoms with E-state index in [0.29, 0.717) is 17.0 Å². The van der Waals surface area contributed by atoms with Gasteiger partial charge in [0, 0.05) is 21.2 Å². The lowest BCUT2D eigenvalue weighted by Gasteiger charge is -2.33. The van der Waals surface area contributed by atoms with E-state index in [1.165, 1.54) is 0 Å². The molecule has 0 spiro atoms. The number of hydrogen-bond acceptors (Lipinski definition) is 4. The van der Waals surface area contributed by atoms with Gasteiger partial charge in [-0.3, -0.25) is 0 Å². The van der Waals surface area contributed by atoms with Crippen LogP contribution in [-0.2, 0) is 4.57 Å². The third kappa shape index (κ3) is 3.94. The lowest BCUT2D eigenvalue weighted by Crippen LogP contribution is -2.42. The summed E-state index contributed by atoms with van der Waals surface area (Å²) in [4.78, 5) is 2.69. The first-order valence-corrected chi connectivity index (χ1v) is 9.91. The molecule has 2 aromatic carbocycles. The zero-order chi connectivity index (χ0) is 18.3. The van der Waals surface area contributed by atoms with Crippen LogP contribution in [0.2, 0.25) is 0 Å². The molecule has 0 heterocycles. The molecular formula is C18H22N3O3P. The molecule has 0 aliphatic rings. The molecule has 0 fully saturated rings. The van der Waals surface area contributed by atoms with Crippen LogP contribution in [0.25, 0.3) is 10.4 Å². The van der Waals surface area contributed by atoms with Crippen molar-refractivity contribution in [3.63, 3.8) is 0 Å². The van der Waals surface area contributed by atoms with E-state index in [1.807, 2.05) is 19.1 Å². The van der Waals surface area contributed by atoms with Crippen LogP contribution >= 0.6 is 7.14 Å². The lowest BCUT2D eigenvalue weighted by atomic mass is 10.1. The van der Waals surface area contributed by atoms with Crippen LogP contribution in [0.5, 0.6) is 0 Å². The van der Waals surface area contributed by atoms with Gasteiger partial charge in [0.15, 0.2) is 0 Å². The molecule has 0 saturated heterocycles. The second-order valence-electron chi connectivity index (χ2n) is 5.75. The standard InChI is InChI=1S/C18H22N3O3P/c1-2-17(18(23)16(13-22)20-21-19)25(24,14-9-5-3-6-10-14)15-11-7-4-8-12-15/h3-12,16-18,22-23H,2,13H2,1H3/t16-,17-,18-/m1/s1. The van der Waals surface area contributed by atoms with E-state index < -0.39 is 31.6 Å². The molecule has 0 aliphatic heterocycles. The van der Waals surface area contributed by atoms with Crippen molar-refractivity contribution in [2.45, 2.75) is 31.1 Å². The number of nitrogens with zero attached hydrogens (tertiary/aromatic N) is 3. The van der Waals surface area contributed by atoms with Crippen LogP contribution in [-0.4, -0.2) is 34.6 Å². The first-order valence-electron chi connectivity index (χ1n) is 8.13. The molecule has 0 bridgehead atoms. The Morgan fingerprint density at radius 3 is 1.92 bits per heavy atom. The van der Waals surface area contributed by atoms with Crippen LogP contribution in [0, 0.1) is 0 Å². The predicted octanol–water partition coefficient (Wildman–Crippen LogP) is 2.81. The summed E-state index contributed by atoms with van der Waals surface area (Å²) in [5.41, 5.74) is 7.99. The first kappa shape index (κ1) is 19.2. The van der Waals surface area contributed by atoms with Crippen molar-refractivity contribution >= 4 is 17.8 Å². The van der Waals surface area contributed by atoms with Gasteiger partial charge in [0.1, 0.15) is 7.14 Å². The molecule has 0 saturated carbocycles. The van der Waals surface area contributed by atoms with E-state index in [1.54, 1.807) is 48.5 Å². The molecule has 7 heteroatoms. The minimum Gasteiger partial charge on any atom is -0.396 e. The van der Waals surface area contributed by atoms with Crippen LogP contribution in [0.15, 0.2) is 65.8 Å². The summed E-state index contributed by atoms with van der Waals surface area (Å²) < 4.78 is 14.2. The summed E-state index contributed by atoms with van der Waals surface area (Å²) >= 11 is 0. The summed E-state index contributed by atoms with van der Waals surface area (Å²) in [6, 6.07) is 17.0. The molecule has 6 nitrogen and oxygen atoms in total. The molecule has 25 heavy (non-hydrogen) atoms. The van der Waals surface area contributed by atoms with E-state index >= 15 is 0 Å². The average Bonchev–Trinajstić information content (AvgIpc) is 2.67. The van der Waals surface area contributed by atoms with Gasteiger partial charge in [0.05, 0.1) is 18.8 Å². The highest BCUT2D eigenvalue weighted by Gasteiger charge is 2.42. The normalized spacial score (nSPS) is 15.0. The van der Waals surface area contributed by atoms with Gasteiger partial charge in [0.25, 0.3) is 0 Å². The second-order valence-corrected chi connectivity index (χ2v) is 8.76. The smallest absolute Gasteiger partial charge is 0.148 e. The Bertz CT molecular complexity index is 720. The Kier molecular flexibility index (Phi) is 6.80. The molecule has 2 N–H and O–H groups in total. The van der Waals surface area contributed by atoms with Gasteiger partial charge in [-0.15, -0.1) is 0 Å².